The molecule has 0 aliphatic rings. The number of thiocarbonyl (C=S) groups is 1. The Labute approximate surface area is 173 Å². The van der Waals surface area contributed by atoms with E-state index in [0.29, 0.717) is 10.7 Å². The maximum atomic E-state index is 12.0. The molecule has 4 N–H and O–H groups in total. The van der Waals surface area contributed by atoms with Crippen LogP contribution in [0.3, 0.4) is 0 Å². The number of halogens is 1. The van der Waals surface area contributed by atoms with E-state index >= 15 is 0 Å². The number of ketones is 1. The smallest absolute Gasteiger partial charge is 0.245 e. The minimum Gasteiger partial charge on any atom is -0.373 e. The van der Waals surface area contributed by atoms with Gasteiger partial charge in [-0.15, -0.1) is 0 Å². The Morgan fingerprint density at radius 3 is 2.41 bits per heavy atom. The number of para-hydroxylation sites is 2. The van der Waals surface area contributed by atoms with Crippen molar-refractivity contribution < 1.29 is 9.59 Å². The molecule has 0 saturated carbocycles. The summed E-state index contributed by atoms with van der Waals surface area (Å²) in [5.41, 5.74) is 6.36. The highest BCUT2D eigenvalue weighted by molar-refractivity contribution is 7.81. The number of anilines is 2. The third kappa shape index (κ3) is 7.86. The van der Waals surface area contributed by atoms with Crippen molar-refractivity contribution in [1.82, 2.24) is 10.9 Å². The first-order valence-electron chi connectivity index (χ1n) is 8.06. The molecule has 0 spiro atoms. The van der Waals surface area contributed by atoms with Gasteiger partial charge in [0.25, 0.3) is 0 Å². The molecular weight excluding hydrogens is 404 g/mol. The van der Waals surface area contributed by atoms with Crippen LogP contribution in [0, 0.1) is 0 Å². The van der Waals surface area contributed by atoms with E-state index in [9.17, 15) is 9.59 Å². The van der Waals surface area contributed by atoms with Crippen molar-refractivity contribution in [2.75, 3.05) is 10.6 Å². The highest BCUT2D eigenvalue weighted by Crippen LogP contribution is 2.20. The Hall–Kier alpha value is -2.29. The van der Waals surface area contributed by atoms with Crippen molar-refractivity contribution in [2.45, 2.75) is 18.2 Å². The summed E-state index contributed by atoms with van der Waals surface area (Å²) in [4.78, 5) is 23.9. The molecule has 9 heteroatoms. The van der Waals surface area contributed by atoms with Crippen LogP contribution in [0.25, 0.3) is 0 Å². The molecule has 1 unspecified atom stereocenters. The summed E-state index contributed by atoms with van der Waals surface area (Å²) in [5, 5.41) is 6.19. The molecule has 0 aliphatic carbocycles. The zero-order valence-corrected chi connectivity index (χ0v) is 16.7. The average molecular weight is 423 g/mol. The molecule has 27 heavy (non-hydrogen) atoms. The third-order valence-corrected chi connectivity index (χ3v) is 4.17. The van der Waals surface area contributed by atoms with Crippen LogP contribution in [-0.2, 0) is 9.59 Å². The van der Waals surface area contributed by atoms with E-state index in [-0.39, 0.29) is 29.1 Å². The average Bonchev–Trinajstić information content (AvgIpc) is 2.62. The van der Waals surface area contributed by atoms with Crippen molar-refractivity contribution in [1.29, 1.82) is 0 Å². The topological polar surface area (TPSA) is 82.3 Å². The highest BCUT2D eigenvalue weighted by Gasteiger charge is 2.14. The van der Waals surface area contributed by atoms with Crippen molar-refractivity contribution in [3.63, 3.8) is 0 Å². The molecule has 0 radical (unpaired) electrons. The molecule has 2 rings (SSSR count). The van der Waals surface area contributed by atoms with Gasteiger partial charge < -0.3 is 10.6 Å². The molecule has 0 heterocycles. The van der Waals surface area contributed by atoms with Crippen LogP contribution in [0.1, 0.15) is 12.8 Å². The van der Waals surface area contributed by atoms with Crippen LogP contribution < -0.4 is 21.5 Å². The van der Waals surface area contributed by atoms with Crippen LogP contribution in [-0.4, -0.2) is 22.2 Å². The van der Waals surface area contributed by atoms with Gasteiger partial charge in [0.1, 0.15) is 5.78 Å². The molecule has 0 aromatic heterocycles. The van der Waals surface area contributed by atoms with E-state index in [2.05, 4.69) is 34.1 Å². The van der Waals surface area contributed by atoms with E-state index in [1.807, 2.05) is 30.3 Å². The van der Waals surface area contributed by atoms with Gasteiger partial charge in [-0.2, -0.15) is 12.6 Å². The number of hydrogen-bond donors (Lipinski definition) is 5. The van der Waals surface area contributed by atoms with E-state index in [1.54, 1.807) is 24.3 Å². The normalized spacial score (nSPS) is 11.2. The van der Waals surface area contributed by atoms with Gasteiger partial charge in [-0.1, -0.05) is 41.9 Å². The Bertz CT molecular complexity index is 805. The molecule has 0 aliphatic heterocycles. The van der Waals surface area contributed by atoms with Gasteiger partial charge in [-0.25, -0.2) is 0 Å². The molecule has 1 atom stereocenters. The van der Waals surface area contributed by atoms with Crippen molar-refractivity contribution >= 4 is 64.6 Å². The molecule has 142 valence electrons. The van der Waals surface area contributed by atoms with Gasteiger partial charge in [0.15, 0.2) is 5.11 Å². The number of hydrogen-bond acceptors (Lipinski definition) is 5. The van der Waals surface area contributed by atoms with Crippen LogP contribution in [0.4, 0.5) is 11.4 Å². The standard InChI is InChI=1S/C18H19ClN4O2S2/c19-14-8-4-5-9-15(14)21-18(27)23-22-16(25)10-13(24)11-17(26)20-12-6-2-1-3-7-12/h1-9,17,20,26H,10-11H2,(H,22,25)(H2,21,23,27). The first-order valence-corrected chi connectivity index (χ1v) is 9.36. The van der Waals surface area contributed by atoms with Gasteiger partial charge >= 0.3 is 0 Å². The lowest BCUT2D eigenvalue weighted by molar-refractivity contribution is -0.128. The molecule has 2 aromatic rings. The summed E-state index contributed by atoms with van der Waals surface area (Å²) in [7, 11) is 0. The fourth-order valence-electron chi connectivity index (χ4n) is 2.13. The van der Waals surface area contributed by atoms with Crippen molar-refractivity contribution in [2.24, 2.45) is 0 Å². The summed E-state index contributed by atoms with van der Waals surface area (Å²) in [6, 6.07) is 16.4. The molecule has 2 aromatic carbocycles. The third-order valence-electron chi connectivity index (χ3n) is 3.32. The first-order chi connectivity index (χ1) is 12.9. The van der Waals surface area contributed by atoms with Crippen molar-refractivity contribution in [3.05, 3.63) is 59.6 Å². The van der Waals surface area contributed by atoms with E-state index in [0.717, 1.165) is 5.69 Å². The predicted molar refractivity (Wildman–Crippen MR) is 116 cm³/mol. The Morgan fingerprint density at radius 1 is 1.04 bits per heavy atom. The Morgan fingerprint density at radius 2 is 1.70 bits per heavy atom. The quantitative estimate of drug-likeness (QED) is 0.155. The minimum absolute atomic E-state index is 0.105. The van der Waals surface area contributed by atoms with E-state index in [4.69, 9.17) is 23.8 Å². The highest BCUT2D eigenvalue weighted by atomic mass is 35.5. The monoisotopic (exact) mass is 422 g/mol. The summed E-state index contributed by atoms with van der Waals surface area (Å²) < 4.78 is 0. The molecule has 0 saturated heterocycles. The maximum Gasteiger partial charge on any atom is 0.245 e. The lowest BCUT2D eigenvalue weighted by Crippen LogP contribution is -2.44. The first kappa shape index (κ1) is 21.0. The largest absolute Gasteiger partial charge is 0.373 e. The number of carbonyl (C=O) groups excluding carboxylic acids is 2. The number of benzene rings is 2. The predicted octanol–water partition coefficient (Wildman–Crippen LogP) is 3.37. The van der Waals surface area contributed by atoms with Gasteiger partial charge in [0.05, 0.1) is 22.5 Å². The molecular formula is C18H19ClN4O2S2. The molecule has 1 amide bonds. The van der Waals surface area contributed by atoms with Gasteiger partial charge in [-0.3, -0.25) is 20.4 Å². The molecule has 0 bridgehead atoms. The summed E-state index contributed by atoms with van der Waals surface area (Å²) in [5.74, 6) is -0.744. The number of thiol groups is 1. The molecule has 6 nitrogen and oxygen atoms in total. The Kier molecular flexibility index (Phi) is 8.38. The number of carbonyl (C=O) groups is 2. The lowest BCUT2D eigenvalue weighted by Gasteiger charge is -2.14. The zero-order chi connectivity index (χ0) is 19.6. The van der Waals surface area contributed by atoms with Crippen LogP contribution >= 0.6 is 36.4 Å². The number of hydrazine groups is 1. The minimum atomic E-state index is -0.497. The second-order valence-corrected chi connectivity index (χ2v) is 6.99. The lowest BCUT2D eigenvalue weighted by atomic mass is 10.2. The number of nitrogens with one attached hydrogen (secondary N) is 4. The Balaban J connectivity index is 1.69. The van der Waals surface area contributed by atoms with Crippen LogP contribution in [0.2, 0.25) is 5.02 Å². The molecule has 0 fully saturated rings. The second-order valence-electron chi connectivity index (χ2n) is 5.55. The van der Waals surface area contributed by atoms with E-state index in [1.165, 1.54) is 0 Å². The fraction of sp³-hybridized carbons (Fsp3) is 0.167. The fourth-order valence-corrected chi connectivity index (χ4v) is 2.83. The maximum absolute atomic E-state index is 12.0. The number of amides is 1. The summed E-state index contributed by atoms with van der Waals surface area (Å²) in [6.07, 6.45) is -0.178. The van der Waals surface area contributed by atoms with Gasteiger partial charge in [0.2, 0.25) is 5.91 Å². The van der Waals surface area contributed by atoms with Gasteiger partial charge in [0, 0.05) is 12.1 Å². The SMILES string of the molecule is O=C(CC(=O)NNC(=S)Nc1ccccc1Cl)CC(S)Nc1ccccc1. The van der Waals surface area contributed by atoms with E-state index < -0.39 is 5.91 Å². The van der Waals surface area contributed by atoms with Gasteiger partial charge in [-0.05, 0) is 36.5 Å². The second kappa shape index (κ2) is 10.8. The number of rotatable bonds is 7. The number of Topliss-reactive ketones (excluding diaryl/α,β-unsaturated/α-hetero) is 1. The zero-order valence-electron chi connectivity index (χ0n) is 14.2. The van der Waals surface area contributed by atoms with Crippen LogP contribution in [0.15, 0.2) is 54.6 Å². The van der Waals surface area contributed by atoms with Crippen LogP contribution in [0.5, 0.6) is 0 Å². The van der Waals surface area contributed by atoms with Crippen molar-refractivity contribution in [3.8, 4) is 0 Å². The summed E-state index contributed by atoms with van der Waals surface area (Å²) in [6.45, 7) is 0. The summed E-state index contributed by atoms with van der Waals surface area (Å²) >= 11 is 15.4.